The fraction of sp³-hybridized carbons (Fsp3) is 1.00. The van der Waals surface area contributed by atoms with Gasteiger partial charge in [0.15, 0.2) is 0 Å². The van der Waals surface area contributed by atoms with E-state index in [1.807, 2.05) is 0 Å². The minimum Gasteiger partial charge on any atom is -0.313 e. The molecule has 0 saturated carbocycles. The van der Waals surface area contributed by atoms with E-state index in [1.54, 1.807) is 0 Å². The van der Waals surface area contributed by atoms with Crippen molar-refractivity contribution in [1.82, 2.24) is 5.32 Å². The Morgan fingerprint density at radius 1 is 1.29 bits per heavy atom. The Bertz CT molecular complexity index is 224. The van der Waals surface area contributed by atoms with Crippen LogP contribution in [0.4, 0.5) is 0 Å². The standard InChI is InChI=1S/C10H23NO2S/c1-4-6-7-10(5-2)11-8-9-14(3,12)13/h10-11H,4-9H2,1-3H3. The molecule has 4 heteroatoms. The maximum atomic E-state index is 10.9. The number of sulfone groups is 1. The molecule has 14 heavy (non-hydrogen) atoms. The molecule has 0 bridgehead atoms. The van der Waals surface area contributed by atoms with Gasteiger partial charge in [0, 0.05) is 18.8 Å². The molecule has 0 aromatic rings. The fourth-order valence-electron chi connectivity index (χ4n) is 1.35. The number of unbranched alkanes of at least 4 members (excludes halogenated alkanes) is 1. The van der Waals surface area contributed by atoms with E-state index in [4.69, 9.17) is 0 Å². The Kier molecular flexibility index (Phi) is 7.19. The van der Waals surface area contributed by atoms with Crippen molar-refractivity contribution in [3.8, 4) is 0 Å². The van der Waals surface area contributed by atoms with Gasteiger partial charge in [-0.2, -0.15) is 0 Å². The van der Waals surface area contributed by atoms with Crippen molar-refractivity contribution in [3.63, 3.8) is 0 Å². The molecule has 0 heterocycles. The fourth-order valence-corrected chi connectivity index (χ4v) is 1.84. The van der Waals surface area contributed by atoms with Crippen molar-refractivity contribution in [2.45, 2.75) is 45.6 Å². The van der Waals surface area contributed by atoms with Gasteiger partial charge in [0.05, 0.1) is 5.75 Å². The van der Waals surface area contributed by atoms with Crippen LogP contribution in [0.3, 0.4) is 0 Å². The largest absolute Gasteiger partial charge is 0.313 e. The summed E-state index contributed by atoms with van der Waals surface area (Å²) < 4.78 is 21.8. The minimum atomic E-state index is -2.81. The van der Waals surface area contributed by atoms with E-state index in [2.05, 4.69) is 19.2 Å². The first-order valence-corrected chi connectivity index (χ1v) is 7.46. The van der Waals surface area contributed by atoms with Gasteiger partial charge >= 0.3 is 0 Å². The van der Waals surface area contributed by atoms with Crippen LogP contribution < -0.4 is 5.32 Å². The summed E-state index contributed by atoms with van der Waals surface area (Å²) in [6, 6.07) is 0.483. The molecule has 86 valence electrons. The third-order valence-corrected chi connectivity index (χ3v) is 3.25. The summed E-state index contributed by atoms with van der Waals surface area (Å²) in [4.78, 5) is 0. The highest BCUT2D eigenvalue weighted by Crippen LogP contribution is 2.03. The summed E-state index contributed by atoms with van der Waals surface area (Å²) in [5.41, 5.74) is 0. The highest BCUT2D eigenvalue weighted by atomic mass is 32.2. The lowest BCUT2D eigenvalue weighted by Crippen LogP contribution is -2.32. The van der Waals surface area contributed by atoms with Crippen molar-refractivity contribution in [2.24, 2.45) is 0 Å². The highest BCUT2D eigenvalue weighted by Gasteiger charge is 2.06. The highest BCUT2D eigenvalue weighted by molar-refractivity contribution is 7.90. The molecule has 0 amide bonds. The van der Waals surface area contributed by atoms with Crippen LogP contribution in [0.1, 0.15) is 39.5 Å². The Labute approximate surface area is 88.2 Å². The zero-order valence-corrected chi connectivity index (χ0v) is 10.4. The van der Waals surface area contributed by atoms with Crippen molar-refractivity contribution < 1.29 is 8.42 Å². The number of nitrogens with one attached hydrogen (secondary N) is 1. The van der Waals surface area contributed by atoms with Crippen LogP contribution in [0, 0.1) is 0 Å². The van der Waals surface area contributed by atoms with Crippen LogP contribution in [0.5, 0.6) is 0 Å². The average Bonchev–Trinajstić information content (AvgIpc) is 2.09. The summed E-state index contributed by atoms with van der Waals surface area (Å²) >= 11 is 0. The summed E-state index contributed by atoms with van der Waals surface area (Å²) in [6.07, 6.45) is 5.91. The van der Waals surface area contributed by atoms with Gasteiger partial charge in [-0.15, -0.1) is 0 Å². The topological polar surface area (TPSA) is 46.2 Å². The lowest BCUT2D eigenvalue weighted by atomic mass is 10.1. The minimum absolute atomic E-state index is 0.246. The van der Waals surface area contributed by atoms with Crippen LogP contribution in [0.15, 0.2) is 0 Å². The smallest absolute Gasteiger partial charge is 0.148 e. The number of hydrogen-bond acceptors (Lipinski definition) is 3. The zero-order valence-electron chi connectivity index (χ0n) is 9.54. The second-order valence-electron chi connectivity index (χ2n) is 3.83. The Balaban J connectivity index is 3.62. The van der Waals surface area contributed by atoms with Crippen LogP contribution in [0.25, 0.3) is 0 Å². The summed E-state index contributed by atoms with van der Waals surface area (Å²) in [5.74, 6) is 0.246. The zero-order chi connectivity index (χ0) is 11.0. The molecular formula is C10H23NO2S. The van der Waals surface area contributed by atoms with Crippen molar-refractivity contribution >= 4 is 9.84 Å². The van der Waals surface area contributed by atoms with E-state index < -0.39 is 9.84 Å². The molecule has 0 rings (SSSR count). The first-order chi connectivity index (χ1) is 6.49. The van der Waals surface area contributed by atoms with Gasteiger partial charge in [0.2, 0.25) is 0 Å². The van der Waals surface area contributed by atoms with Crippen LogP contribution >= 0.6 is 0 Å². The lowest BCUT2D eigenvalue weighted by Gasteiger charge is -2.15. The molecule has 1 atom stereocenters. The van der Waals surface area contributed by atoms with Gasteiger partial charge < -0.3 is 5.32 Å². The van der Waals surface area contributed by atoms with Crippen molar-refractivity contribution in [2.75, 3.05) is 18.6 Å². The van der Waals surface area contributed by atoms with Gasteiger partial charge in [-0.3, -0.25) is 0 Å². The monoisotopic (exact) mass is 221 g/mol. The molecule has 0 spiro atoms. The van der Waals surface area contributed by atoms with E-state index in [-0.39, 0.29) is 5.75 Å². The molecule has 0 fully saturated rings. The molecule has 3 nitrogen and oxygen atoms in total. The average molecular weight is 221 g/mol. The van der Waals surface area contributed by atoms with Gasteiger partial charge in [0.1, 0.15) is 9.84 Å². The Morgan fingerprint density at radius 3 is 2.36 bits per heavy atom. The van der Waals surface area contributed by atoms with Gasteiger partial charge in [0.25, 0.3) is 0 Å². The maximum absolute atomic E-state index is 10.9. The second-order valence-corrected chi connectivity index (χ2v) is 6.09. The molecule has 0 radical (unpaired) electrons. The summed E-state index contributed by atoms with van der Waals surface area (Å²) in [7, 11) is -2.81. The molecule has 0 aromatic carbocycles. The SMILES string of the molecule is CCCCC(CC)NCCS(C)(=O)=O. The van der Waals surface area contributed by atoms with Crippen LogP contribution in [-0.2, 0) is 9.84 Å². The predicted octanol–water partition coefficient (Wildman–Crippen LogP) is 1.59. The third-order valence-electron chi connectivity index (χ3n) is 2.30. The molecule has 0 saturated heterocycles. The lowest BCUT2D eigenvalue weighted by molar-refractivity contribution is 0.463. The number of rotatable bonds is 8. The third kappa shape index (κ3) is 8.51. The summed E-state index contributed by atoms with van der Waals surface area (Å²) in [5, 5.41) is 3.28. The van der Waals surface area contributed by atoms with Gasteiger partial charge in [-0.25, -0.2) is 8.42 Å². The first kappa shape index (κ1) is 13.9. The van der Waals surface area contributed by atoms with E-state index in [1.165, 1.54) is 19.1 Å². The molecular weight excluding hydrogens is 198 g/mol. The van der Waals surface area contributed by atoms with E-state index in [9.17, 15) is 8.42 Å². The molecule has 0 aromatic heterocycles. The summed E-state index contributed by atoms with van der Waals surface area (Å²) in [6.45, 7) is 4.89. The quantitative estimate of drug-likeness (QED) is 0.677. The normalized spacial score (nSPS) is 14.2. The van der Waals surface area contributed by atoms with Gasteiger partial charge in [-0.05, 0) is 12.8 Å². The van der Waals surface area contributed by atoms with Crippen molar-refractivity contribution in [3.05, 3.63) is 0 Å². The van der Waals surface area contributed by atoms with Gasteiger partial charge in [-0.1, -0.05) is 26.7 Å². The Hall–Kier alpha value is -0.0900. The molecule has 0 aliphatic rings. The number of hydrogen-bond donors (Lipinski definition) is 1. The van der Waals surface area contributed by atoms with Crippen LogP contribution in [0.2, 0.25) is 0 Å². The first-order valence-electron chi connectivity index (χ1n) is 5.40. The van der Waals surface area contributed by atoms with Crippen molar-refractivity contribution in [1.29, 1.82) is 0 Å². The molecule has 0 aliphatic carbocycles. The Morgan fingerprint density at radius 2 is 1.93 bits per heavy atom. The van der Waals surface area contributed by atoms with Crippen LogP contribution in [-0.4, -0.2) is 33.0 Å². The predicted molar refractivity (Wildman–Crippen MR) is 61.3 cm³/mol. The van der Waals surface area contributed by atoms with E-state index >= 15 is 0 Å². The molecule has 0 aliphatic heterocycles. The second kappa shape index (κ2) is 7.23. The molecule has 1 N–H and O–H groups in total. The maximum Gasteiger partial charge on any atom is 0.148 e. The molecule has 1 unspecified atom stereocenters. The van der Waals surface area contributed by atoms with E-state index in [0.29, 0.717) is 12.6 Å². The van der Waals surface area contributed by atoms with E-state index in [0.717, 1.165) is 12.8 Å².